The van der Waals surface area contributed by atoms with Crippen LogP contribution >= 0.6 is 0 Å². The number of para-hydroxylation sites is 1. The maximum Gasteiger partial charge on any atom is 0.274 e. The van der Waals surface area contributed by atoms with Gasteiger partial charge in [0.05, 0.1) is 5.75 Å². The number of benzene rings is 2. The summed E-state index contributed by atoms with van der Waals surface area (Å²) in [5.74, 6) is -0.408. The Labute approximate surface area is 150 Å². The summed E-state index contributed by atoms with van der Waals surface area (Å²) < 4.78 is 27.3. The highest BCUT2D eigenvalue weighted by Gasteiger charge is 2.30. The van der Waals surface area contributed by atoms with Crippen molar-refractivity contribution in [1.29, 1.82) is 0 Å². The van der Waals surface area contributed by atoms with Crippen LogP contribution in [0.1, 0.15) is 27.9 Å². The molecule has 0 spiro atoms. The normalized spacial score (nSPS) is 15.6. The van der Waals surface area contributed by atoms with E-state index in [1.807, 2.05) is 28.8 Å². The number of sulfone groups is 1. The van der Waals surface area contributed by atoms with Crippen molar-refractivity contribution in [2.45, 2.75) is 24.4 Å². The number of rotatable bonds is 3. The van der Waals surface area contributed by atoms with Crippen molar-refractivity contribution in [3.8, 4) is 0 Å². The summed E-state index contributed by atoms with van der Waals surface area (Å²) in [4.78, 5) is 11.4. The lowest BCUT2D eigenvalue weighted by Crippen LogP contribution is -2.20. The molecule has 1 aliphatic heterocycles. The van der Waals surface area contributed by atoms with Gasteiger partial charge in [-0.05, 0) is 42.2 Å². The predicted octanol–water partition coefficient (Wildman–Crippen LogP) is 2.53. The quantitative estimate of drug-likeness (QED) is 0.548. The number of nitrogens with zero attached hydrogens (tertiary/aromatic N) is 1. The average Bonchev–Trinajstić information content (AvgIpc) is 2.97. The lowest BCUT2D eigenvalue weighted by atomic mass is 10.1. The molecule has 7 heteroatoms. The molecule has 2 heterocycles. The number of aryl methyl sites for hydroxylation is 1. The molecule has 0 radical (unpaired) electrons. The van der Waals surface area contributed by atoms with E-state index in [1.54, 1.807) is 29.7 Å². The molecule has 1 amide bonds. The minimum Gasteiger partial charge on any atom is -0.327 e. The van der Waals surface area contributed by atoms with Gasteiger partial charge >= 0.3 is 0 Å². The topological polar surface area (TPSA) is 88.4 Å². The molecule has 2 aromatic carbocycles. The fourth-order valence-corrected chi connectivity index (χ4v) is 5.45. The highest BCUT2D eigenvalue weighted by Crippen LogP contribution is 2.35. The third kappa shape index (κ3) is 2.69. The SMILES string of the molecule is O=C(NO)c1ccc(Cn2c3c(c4ccccc42)CCCS3(=O)=O)cc1. The minimum atomic E-state index is -3.31. The second kappa shape index (κ2) is 6.26. The molecule has 0 saturated heterocycles. The highest BCUT2D eigenvalue weighted by atomic mass is 32.2. The van der Waals surface area contributed by atoms with Crippen molar-refractivity contribution in [2.24, 2.45) is 0 Å². The first-order chi connectivity index (χ1) is 12.5. The van der Waals surface area contributed by atoms with Crippen LogP contribution in [0.15, 0.2) is 53.6 Å². The standard InChI is InChI=1S/C19H18N2O4S/c22-18(20-23)14-9-7-13(8-10-14)12-21-17-6-2-1-4-15(17)16-5-3-11-26(24,25)19(16)21/h1-2,4,6-10,23H,3,5,11-12H2,(H,20,22). The van der Waals surface area contributed by atoms with Crippen molar-refractivity contribution >= 4 is 26.6 Å². The monoisotopic (exact) mass is 370 g/mol. The largest absolute Gasteiger partial charge is 0.327 e. The number of hydrogen-bond acceptors (Lipinski definition) is 4. The van der Waals surface area contributed by atoms with E-state index in [4.69, 9.17) is 5.21 Å². The Morgan fingerprint density at radius 1 is 1.12 bits per heavy atom. The van der Waals surface area contributed by atoms with Crippen LogP contribution in [-0.2, 0) is 22.8 Å². The second-order valence-corrected chi connectivity index (χ2v) is 8.47. The Morgan fingerprint density at radius 2 is 1.85 bits per heavy atom. The van der Waals surface area contributed by atoms with Gasteiger partial charge in [0, 0.05) is 23.0 Å². The third-order valence-electron chi connectivity index (χ3n) is 4.82. The molecule has 0 atom stereocenters. The first-order valence-electron chi connectivity index (χ1n) is 8.37. The van der Waals surface area contributed by atoms with Gasteiger partial charge in [0.2, 0.25) is 0 Å². The van der Waals surface area contributed by atoms with E-state index in [-0.39, 0.29) is 5.75 Å². The zero-order valence-corrected chi connectivity index (χ0v) is 14.8. The van der Waals surface area contributed by atoms with Gasteiger partial charge in [0.15, 0.2) is 9.84 Å². The maximum atomic E-state index is 12.7. The van der Waals surface area contributed by atoms with Gasteiger partial charge in [0.1, 0.15) is 5.03 Å². The summed E-state index contributed by atoms with van der Waals surface area (Å²) in [7, 11) is -3.31. The van der Waals surface area contributed by atoms with Crippen molar-refractivity contribution in [3.05, 3.63) is 65.2 Å². The first kappa shape index (κ1) is 16.8. The molecule has 6 nitrogen and oxygen atoms in total. The van der Waals surface area contributed by atoms with E-state index < -0.39 is 15.7 Å². The van der Waals surface area contributed by atoms with Gasteiger partial charge in [-0.1, -0.05) is 30.3 Å². The molecule has 0 aliphatic carbocycles. The van der Waals surface area contributed by atoms with Crippen LogP contribution in [0, 0.1) is 0 Å². The Bertz CT molecular complexity index is 1100. The van der Waals surface area contributed by atoms with Crippen molar-refractivity contribution in [2.75, 3.05) is 5.75 Å². The summed E-state index contributed by atoms with van der Waals surface area (Å²) in [6, 6.07) is 14.5. The van der Waals surface area contributed by atoms with Crippen LogP contribution in [0.2, 0.25) is 0 Å². The van der Waals surface area contributed by atoms with Crippen LogP contribution in [-0.4, -0.2) is 29.9 Å². The number of hydroxylamine groups is 1. The van der Waals surface area contributed by atoms with Gasteiger partial charge < -0.3 is 4.57 Å². The van der Waals surface area contributed by atoms with Gasteiger partial charge in [-0.3, -0.25) is 10.0 Å². The van der Waals surface area contributed by atoms with E-state index in [0.717, 1.165) is 28.5 Å². The smallest absolute Gasteiger partial charge is 0.274 e. The molecule has 0 bridgehead atoms. The summed E-state index contributed by atoms with van der Waals surface area (Å²) in [6.07, 6.45) is 1.41. The fraction of sp³-hybridized carbons (Fsp3) is 0.211. The summed E-state index contributed by atoms with van der Waals surface area (Å²) in [6.45, 7) is 0.399. The Morgan fingerprint density at radius 3 is 2.58 bits per heavy atom. The number of amides is 1. The molecule has 3 aromatic rings. The number of fused-ring (bicyclic) bond motifs is 3. The van der Waals surface area contributed by atoms with E-state index in [2.05, 4.69) is 0 Å². The van der Waals surface area contributed by atoms with Crippen molar-refractivity contribution in [3.63, 3.8) is 0 Å². The van der Waals surface area contributed by atoms with Crippen LogP contribution in [0.5, 0.6) is 0 Å². The fourth-order valence-electron chi connectivity index (χ4n) is 3.65. The predicted molar refractivity (Wildman–Crippen MR) is 97.1 cm³/mol. The molecule has 1 aromatic heterocycles. The first-order valence-corrected chi connectivity index (χ1v) is 10.0. The van der Waals surface area contributed by atoms with Crippen molar-refractivity contribution in [1.82, 2.24) is 10.0 Å². The number of hydrogen-bond donors (Lipinski definition) is 2. The van der Waals surface area contributed by atoms with Gasteiger partial charge in [-0.15, -0.1) is 0 Å². The molecule has 26 heavy (non-hydrogen) atoms. The lowest BCUT2D eigenvalue weighted by molar-refractivity contribution is 0.0706. The third-order valence-corrected chi connectivity index (χ3v) is 6.70. The zero-order valence-electron chi connectivity index (χ0n) is 14.0. The van der Waals surface area contributed by atoms with E-state index in [0.29, 0.717) is 23.6 Å². The Balaban J connectivity index is 1.83. The van der Waals surface area contributed by atoms with Crippen LogP contribution < -0.4 is 5.48 Å². The Kier molecular flexibility index (Phi) is 4.05. The molecular formula is C19H18N2O4S. The zero-order chi connectivity index (χ0) is 18.3. The van der Waals surface area contributed by atoms with E-state index >= 15 is 0 Å². The maximum absolute atomic E-state index is 12.7. The highest BCUT2D eigenvalue weighted by molar-refractivity contribution is 7.91. The molecule has 1 aliphatic rings. The lowest BCUT2D eigenvalue weighted by Gasteiger charge is -2.16. The van der Waals surface area contributed by atoms with E-state index in [9.17, 15) is 13.2 Å². The molecule has 2 N–H and O–H groups in total. The average molecular weight is 370 g/mol. The van der Waals surface area contributed by atoms with Gasteiger partial charge in [-0.25, -0.2) is 13.9 Å². The number of nitrogens with one attached hydrogen (secondary N) is 1. The Hall–Kier alpha value is -2.64. The second-order valence-electron chi connectivity index (χ2n) is 6.45. The molecule has 0 saturated carbocycles. The minimum absolute atomic E-state index is 0.173. The molecule has 0 unspecified atom stereocenters. The number of carbonyl (C=O) groups is 1. The number of aromatic nitrogens is 1. The van der Waals surface area contributed by atoms with Gasteiger partial charge in [0.25, 0.3) is 5.91 Å². The van der Waals surface area contributed by atoms with Gasteiger partial charge in [-0.2, -0.15) is 0 Å². The summed E-state index contributed by atoms with van der Waals surface area (Å²) in [5, 5.41) is 10.1. The van der Waals surface area contributed by atoms with Crippen LogP contribution in [0.3, 0.4) is 0 Å². The van der Waals surface area contributed by atoms with Crippen LogP contribution in [0.25, 0.3) is 10.9 Å². The van der Waals surface area contributed by atoms with Crippen LogP contribution in [0.4, 0.5) is 0 Å². The molecule has 4 rings (SSSR count). The molecular weight excluding hydrogens is 352 g/mol. The van der Waals surface area contributed by atoms with E-state index in [1.165, 1.54) is 0 Å². The molecule has 134 valence electrons. The van der Waals surface area contributed by atoms with Crippen molar-refractivity contribution < 1.29 is 18.4 Å². The number of carbonyl (C=O) groups excluding carboxylic acids is 1. The summed E-state index contributed by atoms with van der Waals surface area (Å²) >= 11 is 0. The summed E-state index contributed by atoms with van der Waals surface area (Å²) in [5.41, 5.74) is 4.62. The molecule has 0 fully saturated rings.